The van der Waals surface area contributed by atoms with Gasteiger partial charge < -0.3 is 20.3 Å². The number of hydrogen-bond donors (Lipinski definition) is 3. The van der Waals surface area contributed by atoms with Gasteiger partial charge in [0.25, 0.3) is 0 Å². The number of ether oxygens (including phenoxy) is 1. The van der Waals surface area contributed by atoms with E-state index in [1.807, 2.05) is 0 Å². The molecule has 0 aliphatic rings. The van der Waals surface area contributed by atoms with Crippen molar-refractivity contribution in [2.24, 2.45) is 0 Å². The van der Waals surface area contributed by atoms with Crippen LogP contribution in [0.4, 0.5) is 0 Å². The van der Waals surface area contributed by atoms with Crippen molar-refractivity contribution in [2.45, 2.75) is 296 Å². The molecule has 3 N–H and O–H groups in total. The van der Waals surface area contributed by atoms with E-state index >= 15 is 0 Å². The molecule has 0 spiro atoms. The normalized spacial score (nSPS) is 12.9. The lowest BCUT2D eigenvalue weighted by atomic mass is 10.0. The lowest BCUT2D eigenvalue weighted by Gasteiger charge is -2.22. The number of rotatable bonds is 50. The number of hydrogen-bond acceptors (Lipinski definition) is 5. The van der Waals surface area contributed by atoms with Crippen molar-refractivity contribution in [3.8, 4) is 0 Å². The number of unbranched alkanes of at least 4 members (excludes halogenated alkanes) is 33. The first-order chi connectivity index (χ1) is 30.5. The second-order valence-electron chi connectivity index (χ2n) is 18.6. The molecule has 0 aromatic carbocycles. The van der Waals surface area contributed by atoms with Gasteiger partial charge in [0, 0.05) is 12.8 Å². The lowest BCUT2D eigenvalue weighted by Crippen LogP contribution is -2.45. The summed E-state index contributed by atoms with van der Waals surface area (Å²) in [6.07, 6.45) is 62.8. The number of aliphatic hydroxyl groups is 2. The Balaban J connectivity index is 3.40. The van der Waals surface area contributed by atoms with E-state index in [0.29, 0.717) is 25.9 Å². The molecule has 0 radical (unpaired) electrons. The molecule has 0 saturated carbocycles. The van der Waals surface area contributed by atoms with E-state index in [0.717, 1.165) is 51.4 Å². The number of amides is 1. The Morgan fingerprint density at radius 1 is 0.452 bits per heavy atom. The van der Waals surface area contributed by atoms with Crippen molar-refractivity contribution in [1.29, 1.82) is 0 Å². The van der Waals surface area contributed by atoms with E-state index < -0.39 is 12.1 Å². The Labute approximate surface area is 385 Å². The van der Waals surface area contributed by atoms with E-state index in [1.165, 1.54) is 199 Å². The molecular weight excluding hydrogens is 767 g/mol. The van der Waals surface area contributed by atoms with Gasteiger partial charge in [-0.3, -0.25) is 9.59 Å². The molecule has 0 rings (SSSR count). The van der Waals surface area contributed by atoms with Crippen LogP contribution in [0.15, 0.2) is 36.5 Å². The summed E-state index contributed by atoms with van der Waals surface area (Å²) < 4.78 is 5.46. The number of esters is 1. The minimum Gasteiger partial charge on any atom is -0.466 e. The first kappa shape index (κ1) is 60.1. The molecular formula is C56H105NO5. The molecule has 6 heteroatoms. The molecule has 6 nitrogen and oxygen atoms in total. The maximum Gasteiger partial charge on any atom is 0.305 e. The molecule has 0 aliphatic heterocycles. The van der Waals surface area contributed by atoms with E-state index in [-0.39, 0.29) is 18.5 Å². The highest BCUT2D eigenvalue weighted by molar-refractivity contribution is 5.76. The number of carbonyl (C=O) groups is 2. The van der Waals surface area contributed by atoms with Gasteiger partial charge in [0.15, 0.2) is 0 Å². The molecule has 0 aliphatic carbocycles. The average Bonchev–Trinajstić information content (AvgIpc) is 3.27. The van der Waals surface area contributed by atoms with Crippen LogP contribution in [0.1, 0.15) is 284 Å². The van der Waals surface area contributed by atoms with E-state index in [9.17, 15) is 19.8 Å². The van der Waals surface area contributed by atoms with Gasteiger partial charge in [-0.2, -0.15) is 0 Å². The van der Waals surface area contributed by atoms with Crippen LogP contribution in [-0.4, -0.2) is 47.4 Å². The lowest BCUT2D eigenvalue weighted by molar-refractivity contribution is -0.143. The van der Waals surface area contributed by atoms with Crippen LogP contribution in [0.3, 0.4) is 0 Å². The Hall–Kier alpha value is -1.92. The minimum atomic E-state index is -0.666. The Bertz CT molecular complexity index is 1010. The van der Waals surface area contributed by atoms with Gasteiger partial charge in [0.1, 0.15) is 0 Å². The summed E-state index contributed by atoms with van der Waals surface area (Å²) in [4.78, 5) is 24.4. The van der Waals surface area contributed by atoms with E-state index in [1.54, 1.807) is 0 Å². The van der Waals surface area contributed by atoms with Gasteiger partial charge in [-0.05, 0) is 77.0 Å². The van der Waals surface area contributed by atoms with Crippen molar-refractivity contribution in [2.75, 3.05) is 13.2 Å². The summed E-state index contributed by atoms with van der Waals surface area (Å²) in [6, 6.07) is -0.544. The van der Waals surface area contributed by atoms with Crippen LogP contribution < -0.4 is 5.32 Å². The first-order valence-electron chi connectivity index (χ1n) is 27.2. The van der Waals surface area contributed by atoms with Crippen LogP contribution in [0.25, 0.3) is 0 Å². The highest BCUT2D eigenvalue weighted by Gasteiger charge is 2.20. The standard InChI is InChI=1S/C56H105NO5/c1-3-5-7-9-11-13-14-15-27-30-34-38-42-46-50-56(61)62-51-47-43-39-35-31-28-25-23-21-19-17-16-18-20-22-24-26-29-33-37-41-45-49-55(60)57-53(52-58)54(59)48-44-40-36-32-12-10-8-6-4-2/h9,11,14-15,18,20,53-54,58-59H,3-8,10,12-13,16-17,19,21-52H2,1-2H3,(H,57,60)/b11-9-,15-14-,20-18-. The van der Waals surface area contributed by atoms with Crippen molar-refractivity contribution < 1.29 is 24.5 Å². The predicted molar refractivity (Wildman–Crippen MR) is 269 cm³/mol. The summed E-state index contributed by atoms with van der Waals surface area (Å²) in [6.45, 7) is 4.88. The van der Waals surface area contributed by atoms with Crippen LogP contribution in [0.2, 0.25) is 0 Å². The number of carbonyl (C=O) groups excluding carboxylic acids is 2. The highest BCUT2D eigenvalue weighted by Crippen LogP contribution is 2.16. The first-order valence-corrected chi connectivity index (χ1v) is 27.2. The molecule has 2 unspecified atom stereocenters. The minimum absolute atomic E-state index is 0.00530. The molecule has 0 aromatic heterocycles. The molecule has 0 aromatic rings. The zero-order valence-electron chi connectivity index (χ0n) is 41.4. The third-order valence-corrected chi connectivity index (χ3v) is 12.4. The van der Waals surface area contributed by atoms with Crippen molar-refractivity contribution in [3.63, 3.8) is 0 Å². The Morgan fingerprint density at radius 3 is 1.29 bits per heavy atom. The second kappa shape index (κ2) is 51.7. The van der Waals surface area contributed by atoms with Crippen molar-refractivity contribution in [3.05, 3.63) is 36.5 Å². The quantitative estimate of drug-likeness (QED) is 0.0321. The fourth-order valence-electron chi connectivity index (χ4n) is 8.18. The zero-order chi connectivity index (χ0) is 45.1. The maximum atomic E-state index is 12.4. The van der Waals surface area contributed by atoms with Crippen LogP contribution in [-0.2, 0) is 14.3 Å². The smallest absolute Gasteiger partial charge is 0.305 e. The molecule has 0 bridgehead atoms. The number of aliphatic hydroxyl groups excluding tert-OH is 2. The topological polar surface area (TPSA) is 95.9 Å². The molecule has 0 heterocycles. The van der Waals surface area contributed by atoms with E-state index in [2.05, 4.69) is 55.6 Å². The summed E-state index contributed by atoms with van der Waals surface area (Å²) >= 11 is 0. The molecule has 62 heavy (non-hydrogen) atoms. The Morgan fingerprint density at radius 2 is 0.823 bits per heavy atom. The predicted octanol–water partition coefficient (Wildman–Crippen LogP) is 16.5. The SMILES string of the molecule is CCCC/C=C\C/C=C\CCCCCCCC(=O)OCCCCCCCCCCCCC/C=C\CCCCCCCCCC(=O)NC(CO)C(O)CCCCCCCCCCC. The fraction of sp³-hybridized carbons (Fsp3) is 0.857. The van der Waals surface area contributed by atoms with Gasteiger partial charge in [-0.1, -0.05) is 230 Å². The number of nitrogens with one attached hydrogen (secondary N) is 1. The largest absolute Gasteiger partial charge is 0.466 e. The van der Waals surface area contributed by atoms with Gasteiger partial charge in [0.2, 0.25) is 5.91 Å². The second-order valence-corrected chi connectivity index (χ2v) is 18.6. The van der Waals surface area contributed by atoms with Crippen LogP contribution >= 0.6 is 0 Å². The van der Waals surface area contributed by atoms with Crippen molar-refractivity contribution >= 4 is 11.9 Å². The molecule has 2 atom stereocenters. The monoisotopic (exact) mass is 872 g/mol. The van der Waals surface area contributed by atoms with Gasteiger partial charge in [-0.25, -0.2) is 0 Å². The average molecular weight is 872 g/mol. The Kier molecular flexibility index (Phi) is 50.1. The van der Waals surface area contributed by atoms with Gasteiger partial charge in [0.05, 0.1) is 25.4 Å². The summed E-state index contributed by atoms with van der Waals surface area (Å²) in [5, 5.41) is 23.1. The van der Waals surface area contributed by atoms with Crippen LogP contribution in [0.5, 0.6) is 0 Å². The fourth-order valence-corrected chi connectivity index (χ4v) is 8.18. The van der Waals surface area contributed by atoms with E-state index in [4.69, 9.17) is 4.74 Å². The summed E-state index contributed by atoms with van der Waals surface area (Å²) in [7, 11) is 0. The summed E-state index contributed by atoms with van der Waals surface area (Å²) in [5.74, 6) is -0.0504. The molecule has 0 fully saturated rings. The third-order valence-electron chi connectivity index (χ3n) is 12.4. The molecule has 0 saturated heterocycles. The third kappa shape index (κ3) is 47.6. The van der Waals surface area contributed by atoms with Gasteiger partial charge in [-0.15, -0.1) is 0 Å². The number of allylic oxidation sites excluding steroid dienone is 6. The van der Waals surface area contributed by atoms with Gasteiger partial charge >= 0.3 is 5.97 Å². The van der Waals surface area contributed by atoms with Crippen molar-refractivity contribution in [1.82, 2.24) is 5.32 Å². The highest BCUT2D eigenvalue weighted by atomic mass is 16.5. The maximum absolute atomic E-state index is 12.4. The zero-order valence-corrected chi connectivity index (χ0v) is 41.4. The molecule has 364 valence electrons. The van der Waals surface area contributed by atoms with Crippen LogP contribution in [0, 0.1) is 0 Å². The summed E-state index contributed by atoms with van der Waals surface area (Å²) in [5.41, 5.74) is 0. The molecule has 1 amide bonds.